The summed E-state index contributed by atoms with van der Waals surface area (Å²) in [7, 11) is 3.94. The quantitative estimate of drug-likeness (QED) is 0.861. The Hall–Kier alpha value is -1.72. The predicted octanol–water partition coefficient (Wildman–Crippen LogP) is 1.30. The highest BCUT2D eigenvalue weighted by atomic mass is 16.5. The fourth-order valence-corrected chi connectivity index (χ4v) is 1.70. The summed E-state index contributed by atoms with van der Waals surface area (Å²) in [5, 5.41) is 3.94. The van der Waals surface area contributed by atoms with E-state index in [1.54, 1.807) is 0 Å². The van der Waals surface area contributed by atoms with Crippen LogP contribution >= 0.6 is 0 Å². The molecule has 5 heteroatoms. The summed E-state index contributed by atoms with van der Waals surface area (Å²) in [6.45, 7) is 1.33. The normalized spacial score (nSPS) is 11.1. The number of rotatable bonds is 5. The minimum absolute atomic E-state index is 0.561. The second-order valence-electron chi connectivity index (χ2n) is 4.49. The molecule has 0 aliphatic rings. The molecule has 1 aromatic heterocycles. The molecule has 96 valence electrons. The molecule has 0 fully saturated rings. The van der Waals surface area contributed by atoms with Gasteiger partial charge in [0.25, 0.3) is 5.89 Å². The molecule has 0 saturated heterocycles. The molecule has 2 N–H and O–H groups in total. The molecule has 0 bridgehead atoms. The maximum Gasteiger partial charge on any atom is 0.257 e. The van der Waals surface area contributed by atoms with Crippen LogP contribution < -0.4 is 5.73 Å². The molecule has 0 unspecified atom stereocenters. The van der Waals surface area contributed by atoms with E-state index < -0.39 is 0 Å². The predicted molar refractivity (Wildman–Crippen MR) is 69.9 cm³/mol. The van der Waals surface area contributed by atoms with Crippen LogP contribution in [-0.4, -0.2) is 35.7 Å². The van der Waals surface area contributed by atoms with Crippen molar-refractivity contribution in [3.63, 3.8) is 0 Å². The zero-order chi connectivity index (χ0) is 13.0. The van der Waals surface area contributed by atoms with Crippen molar-refractivity contribution in [2.75, 3.05) is 20.6 Å². The average molecular weight is 246 g/mol. The SMILES string of the molecule is CN(C)Cc1noc(-c2ccc(CCN)cc2)n1. The minimum Gasteiger partial charge on any atom is -0.334 e. The first kappa shape index (κ1) is 12.7. The number of hydrogen-bond donors (Lipinski definition) is 1. The van der Waals surface area contributed by atoms with Gasteiger partial charge < -0.3 is 15.2 Å². The van der Waals surface area contributed by atoms with Crippen molar-refractivity contribution in [1.29, 1.82) is 0 Å². The minimum atomic E-state index is 0.561. The van der Waals surface area contributed by atoms with Gasteiger partial charge in [0.05, 0.1) is 6.54 Å². The van der Waals surface area contributed by atoms with Gasteiger partial charge >= 0.3 is 0 Å². The molecule has 0 aliphatic heterocycles. The molecule has 0 atom stereocenters. The largest absolute Gasteiger partial charge is 0.334 e. The van der Waals surface area contributed by atoms with Crippen LogP contribution in [-0.2, 0) is 13.0 Å². The summed E-state index contributed by atoms with van der Waals surface area (Å²) in [6, 6.07) is 8.05. The van der Waals surface area contributed by atoms with Crippen molar-refractivity contribution in [3.05, 3.63) is 35.7 Å². The lowest BCUT2D eigenvalue weighted by atomic mass is 10.1. The molecule has 18 heavy (non-hydrogen) atoms. The van der Waals surface area contributed by atoms with E-state index in [1.807, 2.05) is 43.3 Å². The fraction of sp³-hybridized carbons (Fsp3) is 0.385. The molecule has 0 amide bonds. The topological polar surface area (TPSA) is 68.2 Å². The highest BCUT2D eigenvalue weighted by Crippen LogP contribution is 2.18. The lowest BCUT2D eigenvalue weighted by Crippen LogP contribution is -2.11. The second-order valence-corrected chi connectivity index (χ2v) is 4.49. The second kappa shape index (κ2) is 5.75. The van der Waals surface area contributed by atoms with Gasteiger partial charge in [-0.1, -0.05) is 17.3 Å². The standard InChI is InChI=1S/C13H18N4O/c1-17(2)9-12-15-13(18-16-12)11-5-3-10(4-6-11)7-8-14/h3-6H,7-9,14H2,1-2H3. The molecule has 0 spiro atoms. The van der Waals surface area contributed by atoms with E-state index in [0.717, 1.165) is 12.0 Å². The number of hydrogen-bond acceptors (Lipinski definition) is 5. The zero-order valence-corrected chi connectivity index (χ0v) is 10.8. The third kappa shape index (κ3) is 3.15. The van der Waals surface area contributed by atoms with Gasteiger partial charge in [-0.3, -0.25) is 0 Å². The van der Waals surface area contributed by atoms with E-state index in [-0.39, 0.29) is 0 Å². The van der Waals surface area contributed by atoms with Crippen molar-refractivity contribution < 1.29 is 4.52 Å². The Morgan fingerprint density at radius 2 is 1.94 bits per heavy atom. The highest BCUT2D eigenvalue weighted by Gasteiger charge is 2.09. The zero-order valence-electron chi connectivity index (χ0n) is 10.8. The maximum atomic E-state index is 5.51. The molecular formula is C13H18N4O. The van der Waals surface area contributed by atoms with Crippen molar-refractivity contribution in [3.8, 4) is 11.5 Å². The van der Waals surface area contributed by atoms with E-state index in [9.17, 15) is 0 Å². The molecule has 1 heterocycles. The van der Waals surface area contributed by atoms with Crippen LogP contribution in [0.15, 0.2) is 28.8 Å². The Kier molecular flexibility index (Phi) is 4.07. The Balaban J connectivity index is 2.13. The Morgan fingerprint density at radius 3 is 2.56 bits per heavy atom. The molecule has 0 radical (unpaired) electrons. The van der Waals surface area contributed by atoms with Gasteiger partial charge in [-0.2, -0.15) is 4.98 Å². The van der Waals surface area contributed by atoms with Crippen molar-refractivity contribution in [1.82, 2.24) is 15.0 Å². The van der Waals surface area contributed by atoms with Gasteiger partial charge in [-0.25, -0.2) is 0 Å². The van der Waals surface area contributed by atoms with Gasteiger partial charge in [-0.15, -0.1) is 0 Å². The smallest absolute Gasteiger partial charge is 0.257 e. The van der Waals surface area contributed by atoms with E-state index in [2.05, 4.69) is 10.1 Å². The third-order valence-corrected chi connectivity index (χ3v) is 2.56. The average Bonchev–Trinajstić information content (AvgIpc) is 2.78. The van der Waals surface area contributed by atoms with E-state index >= 15 is 0 Å². The number of nitrogens with zero attached hydrogens (tertiary/aromatic N) is 3. The van der Waals surface area contributed by atoms with Gasteiger partial charge in [0, 0.05) is 5.56 Å². The lowest BCUT2D eigenvalue weighted by Gasteiger charge is -2.03. The first-order valence-electron chi connectivity index (χ1n) is 5.95. The fourth-order valence-electron chi connectivity index (χ4n) is 1.70. The molecule has 2 rings (SSSR count). The van der Waals surface area contributed by atoms with Crippen molar-refractivity contribution in [2.24, 2.45) is 5.73 Å². The molecule has 1 aromatic carbocycles. The van der Waals surface area contributed by atoms with Gasteiger partial charge in [0.2, 0.25) is 0 Å². The molecule has 5 nitrogen and oxygen atoms in total. The monoisotopic (exact) mass is 246 g/mol. The van der Waals surface area contributed by atoms with E-state index in [4.69, 9.17) is 10.3 Å². The molecule has 2 aromatic rings. The van der Waals surface area contributed by atoms with Crippen LogP contribution in [0.3, 0.4) is 0 Å². The Morgan fingerprint density at radius 1 is 1.22 bits per heavy atom. The van der Waals surface area contributed by atoms with Crippen molar-refractivity contribution >= 4 is 0 Å². The Labute approximate surface area is 107 Å². The van der Waals surface area contributed by atoms with Crippen LogP contribution in [0.1, 0.15) is 11.4 Å². The summed E-state index contributed by atoms with van der Waals surface area (Å²) >= 11 is 0. The first-order chi connectivity index (χ1) is 8.69. The van der Waals surface area contributed by atoms with Crippen LogP contribution in [0, 0.1) is 0 Å². The molecule has 0 aliphatic carbocycles. The summed E-state index contributed by atoms with van der Waals surface area (Å²) in [5.41, 5.74) is 7.67. The number of nitrogens with two attached hydrogens (primary N) is 1. The number of aromatic nitrogens is 2. The van der Waals surface area contributed by atoms with Gasteiger partial charge in [0.15, 0.2) is 5.82 Å². The lowest BCUT2D eigenvalue weighted by molar-refractivity contribution is 0.365. The Bertz CT molecular complexity index is 490. The number of benzene rings is 1. The molecule has 0 saturated carbocycles. The first-order valence-corrected chi connectivity index (χ1v) is 5.95. The van der Waals surface area contributed by atoms with Crippen LogP contribution in [0.5, 0.6) is 0 Å². The third-order valence-electron chi connectivity index (χ3n) is 2.56. The summed E-state index contributed by atoms with van der Waals surface area (Å²) < 4.78 is 5.24. The van der Waals surface area contributed by atoms with Crippen LogP contribution in [0.2, 0.25) is 0 Å². The molecular weight excluding hydrogens is 228 g/mol. The van der Waals surface area contributed by atoms with Gasteiger partial charge in [0.1, 0.15) is 0 Å². The van der Waals surface area contributed by atoms with Crippen molar-refractivity contribution in [2.45, 2.75) is 13.0 Å². The highest BCUT2D eigenvalue weighted by molar-refractivity contribution is 5.53. The van der Waals surface area contributed by atoms with E-state index in [0.29, 0.717) is 24.8 Å². The maximum absolute atomic E-state index is 5.51. The summed E-state index contributed by atoms with van der Waals surface area (Å²) in [4.78, 5) is 6.35. The van der Waals surface area contributed by atoms with Crippen LogP contribution in [0.4, 0.5) is 0 Å². The summed E-state index contributed by atoms with van der Waals surface area (Å²) in [6.07, 6.45) is 0.885. The van der Waals surface area contributed by atoms with Crippen LogP contribution in [0.25, 0.3) is 11.5 Å². The van der Waals surface area contributed by atoms with Gasteiger partial charge in [-0.05, 0) is 44.8 Å². The summed E-state index contributed by atoms with van der Waals surface area (Å²) in [5.74, 6) is 1.26. The van der Waals surface area contributed by atoms with E-state index in [1.165, 1.54) is 5.56 Å².